The molecule has 2 rings (SSSR count). The molecule has 0 aliphatic rings. The second-order valence-electron chi connectivity index (χ2n) is 3.78. The van der Waals surface area contributed by atoms with Crippen molar-refractivity contribution in [1.29, 1.82) is 0 Å². The first-order valence-corrected chi connectivity index (χ1v) is 6.43. The number of aromatic amines is 1. The lowest BCUT2D eigenvalue weighted by Crippen LogP contribution is -2.22. The Balaban J connectivity index is 1.90. The van der Waals surface area contributed by atoms with Gasteiger partial charge in [-0.25, -0.2) is 4.79 Å². The van der Waals surface area contributed by atoms with Gasteiger partial charge in [0.05, 0.1) is 6.54 Å². The lowest BCUT2D eigenvalue weighted by atomic mass is 10.3. The number of thiophene rings is 1. The van der Waals surface area contributed by atoms with Gasteiger partial charge in [-0.05, 0) is 35.2 Å². The van der Waals surface area contributed by atoms with Crippen LogP contribution >= 0.6 is 11.3 Å². The molecule has 2 aromatic rings. The third-order valence-corrected chi connectivity index (χ3v) is 3.31. The van der Waals surface area contributed by atoms with Crippen LogP contribution in [0.5, 0.6) is 0 Å². The maximum Gasteiger partial charge on any atom is 0.328 e. The highest BCUT2D eigenvalue weighted by Gasteiger charge is 2.06. The number of rotatable bonds is 5. The molecule has 0 aliphatic carbocycles. The van der Waals surface area contributed by atoms with E-state index in [1.165, 1.54) is 17.4 Å². The van der Waals surface area contributed by atoms with Crippen LogP contribution < -0.4 is 5.32 Å². The molecule has 2 aromatic heterocycles. The first-order chi connectivity index (χ1) is 9.15. The highest BCUT2D eigenvalue weighted by molar-refractivity contribution is 7.10. The Bertz CT molecular complexity index is 599. The number of carbonyl (C=O) groups excluding carboxylic acids is 1. The summed E-state index contributed by atoms with van der Waals surface area (Å²) in [5, 5.41) is 13.1. The van der Waals surface area contributed by atoms with Gasteiger partial charge in [-0.1, -0.05) is 0 Å². The van der Waals surface area contributed by atoms with E-state index in [0.29, 0.717) is 12.2 Å². The van der Waals surface area contributed by atoms with Gasteiger partial charge in [0.1, 0.15) is 5.69 Å². The summed E-state index contributed by atoms with van der Waals surface area (Å²) in [4.78, 5) is 25.8. The molecule has 0 spiro atoms. The van der Waals surface area contributed by atoms with Crippen molar-refractivity contribution in [3.05, 3.63) is 52.0 Å². The predicted molar refractivity (Wildman–Crippen MR) is 73.0 cm³/mol. The van der Waals surface area contributed by atoms with Crippen LogP contribution in [-0.4, -0.2) is 22.0 Å². The maximum absolute atomic E-state index is 11.7. The molecule has 0 aromatic carbocycles. The van der Waals surface area contributed by atoms with Crippen molar-refractivity contribution in [2.75, 3.05) is 0 Å². The minimum absolute atomic E-state index is 0.166. The number of H-pyrrole nitrogens is 1. The molecule has 19 heavy (non-hydrogen) atoms. The van der Waals surface area contributed by atoms with Crippen LogP contribution in [0.4, 0.5) is 0 Å². The quantitative estimate of drug-likeness (QED) is 0.731. The summed E-state index contributed by atoms with van der Waals surface area (Å²) in [5.74, 6) is -1.14. The summed E-state index contributed by atoms with van der Waals surface area (Å²) in [7, 11) is 0. The molecule has 1 amide bonds. The SMILES string of the molecule is O=C(O)C=Cc1csc(CNC(=O)c2ccc[nH]2)c1. The third kappa shape index (κ3) is 3.82. The Labute approximate surface area is 113 Å². The van der Waals surface area contributed by atoms with Gasteiger partial charge in [-0.3, -0.25) is 4.79 Å². The van der Waals surface area contributed by atoms with Gasteiger partial charge in [-0.15, -0.1) is 11.3 Å². The Morgan fingerprint density at radius 3 is 3.00 bits per heavy atom. The molecular weight excluding hydrogens is 264 g/mol. The minimum Gasteiger partial charge on any atom is -0.478 e. The number of aliphatic carboxylic acids is 1. The fourth-order valence-electron chi connectivity index (χ4n) is 1.48. The van der Waals surface area contributed by atoms with E-state index in [1.807, 2.05) is 11.4 Å². The average molecular weight is 276 g/mol. The lowest BCUT2D eigenvalue weighted by Gasteiger charge is -2.00. The van der Waals surface area contributed by atoms with E-state index in [1.54, 1.807) is 18.3 Å². The number of carboxylic acid groups (broad SMARTS) is 1. The summed E-state index contributed by atoms with van der Waals surface area (Å²) in [6, 6.07) is 5.30. The molecule has 2 heterocycles. The van der Waals surface area contributed by atoms with E-state index in [-0.39, 0.29) is 5.91 Å². The van der Waals surface area contributed by atoms with Crippen LogP contribution in [0, 0.1) is 0 Å². The number of hydrogen-bond donors (Lipinski definition) is 3. The number of amides is 1. The van der Waals surface area contributed by atoms with Crippen molar-refractivity contribution in [3.63, 3.8) is 0 Å². The number of carbonyl (C=O) groups is 2. The topological polar surface area (TPSA) is 82.2 Å². The maximum atomic E-state index is 11.7. The van der Waals surface area contributed by atoms with Crippen LogP contribution in [0.2, 0.25) is 0 Å². The van der Waals surface area contributed by atoms with E-state index in [0.717, 1.165) is 16.5 Å². The van der Waals surface area contributed by atoms with E-state index in [2.05, 4.69) is 10.3 Å². The van der Waals surface area contributed by atoms with Gasteiger partial charge < -0.3 is 15.4 Å². The molecule has 98 valence electrons. The van der Waals surface area contributed by atoms with Crippen LogP contribution in [-0.2, 0) is 11.3 Å². The highest BCUT2D eigenvalue weighted by atomic mass is 32.1. The van der Waals surface area contributed by atoms with E-state index in [9.17, 15) is 9.59 Å². The summed E-state index contributed by atoms with van der Waals surface area (Å²) in [5.41, 5.74) is 1.33. The molecular formula is C13H12N2O3S. The second kappa shape index (κ2) is 6.01. The van der Waals surface area contributed by atoms with Crippen LogP contribution in [0.25, 0.3) is 6.08 Å². The molecule has 0 atom stereocenters. The number of hydrogen-bond acceptors (Lipinski definition) is 3. The van der Waals surface area contributed by atoms with Gasteiger partial charge in [0.25, 0.3) is 5.91 Å². The molecule has 0 radical (unpaired) electrons. The van der Waals surface area contributed by atoms with Crippen LogP contribution in [0.3, 0.4) is 0 Å². The first-order valence-electron chi connectivity index (χ1n) is 5.55. The molecule has 0 unspecified atom stereocenters. The minimum atomic E-state index is -0.979. The zero-order valence-corrected chi connectivity index (χ0v) is 10.7. The summed E-state index contributed by atoms with van der Waals surface area (Å²) < 4.78 is 0. The van der Waals surface area contributed by atoms with E-state index < -0.39 is 5.97 Å². The largest absolute Gasteiger partial charge is 0.478 e. The smallest absolute Gasteiger partial charge is 0.328 e. The van der Waals surface area contributed by atoms with Gasteiger partial charge in [0.15, 0.2) is 0 Å². The van der Waals surface area contributed by atoms with Crippen molar-refractivity contribution in [1.82, 2.24) is 10.3 Å². The lowest BCUT2D eigenvalue weighted by molar-refractivity contribution is -0.131. The number of carboxylic acids is 1. The van der Waals surface area contributed by atoms with Crippen molar-refractivity contribution in [2.24, 2.45) is 0 Å². The van der Waals surface area contributed by atoms with Crippen LogP contribution in [0.1, 0.15) is 20.9 Å². The van der Waals surface area contributed by atoms with Crippen molar-refractivity contribution in [2.45, 2.75) is 6.54 Å². The zero-order chi connectivity index (χ0) is 13.7. The molecule has 0 bridgehead atoms. The first kappa shape index (κ1) is 13.1. The van der Waals surface area contributed by atoms with Gasteiger partial charge in [-0.2, -0.15) is 0 Å². The molecule has 6 heteroatoms. The fourth-order valence-corrected chi connectivity index (χ4v) is 2.27. The number of nitrogens with one attached hydrogen (secondary N) is 2. The Kier molecular flexibility index (Phi) is 4.15. The predicted octanol–water partition coefficient (Wildman–Crippen LogP) is 2.10. The Morgan fingerprint density at radius 2 is 2.32 bits per heavy atom. The molecule has 0 saturated heterocycles. The third-order valence-electron chi connectivity index (χ3n) is 2.36. The fraction of sp³-hybridized carbons (Fsp3) is 0.0769. The summed E-state index contributed by atoms with van der Waals surface area (Å²) >= 11 is 1.47. The second-order valence-corrected chi connectivity index (χ2v) is 4.78. The van der Waals surface area contributed by atoms with E-state index >= 15 is 0 Å². The number of aromatic nitrogens is 1. The average Bonchev–Trinajstić information content (AvgIpc) is 3.04. The molecule has 3 N–H and O–H groups in total. The van der Waals surface area contributed by atoms with Gasteiger partial charge in [0, 0.05) is 17.2 Å². The van der Waals surface area contributed by atoms with Gasteiger partial charge in [0.2, 0.25) is 0 Å². The molecule has 5 nitrogen and oxygen atoms in total. The van der Waals surface area contributed by atoms with Crippen LogP contribution in [0.15, 0.2) is 35.9 Å². The molecule has 0 aliphatic heterocycles. The Morgan fingerprint density at radius 1 is 1.47 bits per heavy atom. The standard InChI is InChI=1S/C13H12N2O3S/c16-12(17)4-3-9-6-10(19-8-9)7-15-13(18)11-2-1-5-14-11/h1-6,8,14H,7H2,(H,15,18)(H,16,17). The zero-order valence-electron chi connectivity index (χ0n) is 9.92. The van der Waals surface area contributed by atoms with Gasteiger partial charge >= 0.3 is 5.97 Å². The van der Waals surface area contributed by atoms with E-state index in [4.69, 9.17) is 5.11 Å². The normalized spacial score (nSPS) is 10.7. The highest BCUT2D eigenvalue weighted by Crippen LogP contribution is 2.16. The Hall–Kier alpha value is -2.34. The summed E-state index contributed by atoms with van der Waals surface area (Å²) in [6.07, 6.45) is 4.30. The monoisotopic (exact) mass is 276 g/mol. The molecule has 0 fully saturated rings. The summed E-state index contributed by atoms with van der Waals surface area (Å²) in [6.45, 7) is 0.420. The molecule has 0 saturated carbocycles. The van der Waals surface area contributed by atoms with Crippen molar-refractivity contribution in [3.8, 4) is 0 Å². The van der Waals surface area contributed by atoms with Crippen molar-refractivity contribution >= 4 is 29.3 Å². The van der Waals surface area contributed by atoms with Crippen molar-refractivity contribution < 1.29 is 14.7 Å².